The van der Waals surface area contributed by atoms with E-state index >= 15 is 0 Å². The fourth-order valence-electron chi connectivity index (χ4n) is 4.69. The number of hydrogen-bond donors (Lipinski definition) is 0. The monoisotopic (exact) mass is 324 g/mol. The molecule has 0 aliphatic heterocycles. The highest BCUT2D eigenvalue weighted by Gasteiger charge is 2.42. The maximum Gasteiger partial charge on any atom is 0.190 e. The van der Waals surface area contributed by atoms with Crippen molar-refractivity contribution in [2.24, 2.45) is 17.8 Å². The van der Waals surface area contributed by atoms with Crippen LogP contribution in [0.1, 0.15) is 80.0 Å². The van der Waals surface area contributed by atoms with Crippen molar-refractivity contribution in [3.05, 3.63) is 46.5 Å². The molecule has 2 aliphatic carbocycles. The first-order valence-electron chi connectivity index (χ1n) is 9.53. The van der Waals surface area contributed by atoms with Gasteiger partial charge in [-0.3, -0.25) is 9.59 Å². The minimum Gasteiger partial charge on any atom is -0.289 e. The van der Waals surface area contributed by atoms with E-state index in [1.165, 1.54) is 0 Å². The Kier molecular flexibility index (Phi) is 5.03. The second kappa shape index (κ2) is 7.04. The summed E-state index contributed by atoms with van der Waals surface area (Å²) >= 11 is 0. The van der Waals surface area contributed by atoms with Gasteiger partial charge < -0.3 is 0 Å². The van der Waals surface area contributed by atoms with E-state index in [2.05, 4.69) is 20.8 Å². The van der Waals surface area contributed by atoms with Gasteiger partial charge in [-0.2, -0.15) is 0 Å². The Balaban J connectivity index is 2.10. The van der Waals surface area contributed by atoms with Gasteiger partial charge in [-0.1, -0.05) is 70.7 Å². The number of hydrogen-bond acceptors (Lipinski definition) is 2. The van der Waals surface area contributed by atoms with Crippen LogP contribution in [0.15, 0.2) is 35.4 Å². The Morgan fingerprint density at radius 1 is 1.04 bits per heavy atom. The number of carbonyl (C=O) groups is 2. The molecule has 0 radical (unpaired) electrons. The van der Waals surface area contributed by atoms with Crippen molar-refractivity contribution in [3.8, 4) is 0 Å². The van der Waals surface area contributed by atoms with Gasteiger partial charge in [-0.05, 0) is 30.6 Å². The quantitative estimate of drug-likeness (QED) is 0.704. The molecule has 0 heterocycles. The Labute approximate surface area is 145 Å². The SMILES string of the molecule is CCCC(CC)C1CC(CC)CC2=C1C(=O)c1ccccc1C2=O. The number of carbonyl (C=O) groups excluding carboxylic acids is 2. The number of benzene rings is 1. The minimum absolute atomic E-state index is 0.106. The highest BCUT2D eigenvalue weighted by atomic mass is 16.1. The second-order valence-corrected chi connectivity index (χ2v) is 7.37. The summed E-state index contributed by atoms with van der Waals surface area (Å²) < 4.78 is 0. The number of Topliss-reactive ketones (excluding diaryl/α,β-unsaturated/α-hetero) is 2. The summed E-state index contributed by atoms with van der Waals surface area (Å²) in [5.41, 5.74) is 2.92. The Hall–Kier alpha value is -1.70. The lowest BCUT2D eigenvalue weighted by Crippen LogP contribution is -2.35. The van der Waals surface area contributed by atoms with Crippen molar-refractivity contribution in [1.29, 1.82) is 0 Å². The summed E-state index contributed by atoms with van der Waals surface area (Å²) in [5.74, 6) is 1.52. The molecule has 2 heteroatoms. The molecule has 1 aromatic rings. The van der Waals surface area contributed by atoms with E-state index in [4.69, 9.17) is 0 Å². The zero-order valence-electron chi connectivity index (χ0n) is 15.1. The number of rotatable bonds is 5. The normalized spacial score (nSPS) is 24.6. The highest BCUT2D eigenvalue weighted by molar-refractivity contribution is 6.27. The van der Waals surface area contributed by atoms with Crippen LogP contribution in [0.5, 0.6) is 0 Å². The zero-order valence-corrected chi connectivity index (χ0v) is 15.1. The highest BCUT2D eigenvalue weighted by Crippen LogP contribution is 2.46. The molecular weight excluding hydrogens is 296 g/mol. The van der Waals surface area contributed by atoms with Crippen LogP contribution >= 0.6 is 0 Å². The molecule has 0 fully saturated rings. The van der Waals surface area contributed by atoms with Crippen molar-refractivity contribution in [3.63, 3.8) is 0 Å². The molecular formula is C22H28O2. The third kappa shape index (κ3) is 2.76. The Morgan fingerprint density at radius 3 is 2.29 bits per heavy atom. The van der Waals surface area contributed by atoms with E-state index in [0.717, 1.165) is 49.7 Å². The number of fused-ring (bicyclic) bond motifs is 1. The summed E-state index contributed by atoms with van der Waals surface area (Å²) in [6.07, 6.45) is 6.28. The molecule has 3 unspecified atom stereocenters. The van der Waals surface area contributed by atoms with Gasteiger partial charge in [0, 0.05) is 22.3 Å². The molecule has 0 bridgehead atoms. The summed E-state index contributed by atoms with van der Waals surface area (Å²) in [6.45, 7) is 6.64. The van der Waals surface area contributed by atoms with E-state index in [1.807, 2.05) is 24.3 Å². The Morgan fingerprint density at radius 2 is 1.71 bits per heavy atom. The first kappa shape index (κ1) is 17.1. The van der Waals surface area contributed by atoms with Crippen molar-refractivity contribution in [1.82, 2.24) is 0 Å². The summed E-state index contributed by atoms with van der Waals surface area (Å²) in [4.78, 5) is 26.3. The molecule has 0 spiro atoms. The largest absolute Gasteiger partial charge is 0.289 e. The van der Waals surface area contributed by atoms with Gasteiger partial charge in [0.2, 0.25) is 0 Å². The average molecular weight is 324 g/mol. The molecule has 1 aromatic carbocycles. The minimum atomic E-state index is 0.106. The first-order chi connectivity index (χ1) is 11.6. The Bertz CT molecular complexity index is 683. The molecule has 0 saturated carbocycles. The summed E-state index contributed by atoms with van der Waals surface area (Å²) in [6, 6.07) is 7.36. The van der Waals surface area contributed by atoms with E-state index in [1.54, 1.807) is 0 Å². The van der Waals surface area contributed by atoms with Crippen LogP contribution in [-0.2, 0) is 0 Å². The molecule has 0 N–H and O–H groups in total. The predicted molar refractivity (Wildman–Crippen MR) is 97.3 cm³/mol. The van der Waals surface area contributed by atoms with Gasteiger partial charge in [0.1, 0.15) is 0 Å². The van der Waals surface area contributed by atoms with E-state index in [-0.39, 0.29) is 17.5 Å². The van der Waals surface area contributed by atoms with Gasteiger partial charge in [0.05, 0.1) is 0 Å². The first-order valence-corrected chi connectivity index (χ1v) is 9.53. The van der Waals surface area contributed by atoms with Gasteiger partial charge >= 0.3 is 0 Å². The van der Waals surface area contributed by atoms with Crippen molar-refractivity contribution in [2.75, 3.05) is 0 Å². The van der Waals surface area contributed by atoms with Crippen LogP contribution < -0.4 is 0 Å². The van der Waals surface area contributed by atoms with Crippen LogP contribution in [0.3, 0.4) is 0 Å². The number of ketones is 2. The number of allylic oxidation sites excluding steroid dienone is 2. The fourth-order valence-corrected chi connectivity index (χ4v) is 4.69. The predicted octanol–water partition coefficient (Wildman–Crippen LogP) is 5.62. The molecule has 24 heavy (non-hydrogen) atoms. The van der Waals surface area contributed by atoms with Crippen LogP contribution in [0.25, 0.3) is 0 Å². The lowest BCUT2D eigenvalue weighted by atomic mass is 9.64. The molecule has 128 valence electrons. The van der Waals surface area contributed by atoms with Gasteiger partial charge in [-0.15, -0.1) is 0 Å². The third-order valence-electron chi connectivity index (χ3n) is 6.04. The van der Waals surface area contributed by atoms with E-state index < -0.39 is 0 Å². The molecule has 3 atom stereocenters. The van der Waals surface area contributed by atoms with Gasteiger partial charge in [-0.25, -0.2) is 0 Å². The molecule has 2 aliphatic rings. The summed E-state index contributed by atoms with van der Waals surface area (Å²) in [5, 5.41) is 0. The maximum absolute atomic E-state index is 13.2. The van der Waals surface area contributed by atoms with Gasteiger partial charge in [0.15, 0.2) is 11.6 Å². The molecule has 0 saturated heterocycles. The molecule has 2 nitrogen and oxygen atoms in total. The van der Waals surface area contributed by atoms with Crippen LogP contribution in [0.4, 0.5) is 0 Å². The summed E-state index contributed by atoms with van der Waals surface area (Å²) in [7, 11) is 0. The lowest BCUT2D eigenvalue weighted by Gasteiger charge is -2.38. The maximum atomic E-state index is 13.2. The smallest absolute Gasteiger partial charge is 0.190 e. The van der Waals surface area contributed by atoms with E-state index in [9.17, 15) is 9.59 Å². The van der Waals surface area contributed by atoms with Crippen LogP contribution in [0, 0.1) is 17.8 Å². The molecule has 0 aromatic heterocycles. The lowest BCUT2D eigenvalue weighted by molar-refractivity contribution is 0.0931. The average Bonchev–Trinajstić information content (AvgIpc) is 2.63. The van der Waals surface area contributed by atoms with Crippen molar-refractivity contribution in [2.45, 2.75) is 59.3 Å². The fraction of sp³-hybridized carbons (Fsp3) is 0.545. The van der Waals surface area contributed by atoms with Crippen LogP contribution in [0.2, 0.25) is 0 Å². The zero-order chi connectivity index (χ0) is 17.3. The van der Waals surface area contributed by atoms with Crippen molar-refractivity contribution >= 4 is 11.6 Å². The van der Waals surface area contributed by atoms with Crippen LogP contribution in [-0.4, -0.2) is 11.6 Å². The van der Waals surface area contributed by atoms with Gasteiger partial charge in [0.25, 0.3) is 0 Å². The van der Waals surface area contributed by atoms with E-state index in [0.29, 0.717) is 23.0 Å². The molecule has 3 rings (SSSR count). The van der Waals surface area contributed by atoms with Crippen molar-refractivity contribution < 1.29 is 9.59 Å². The third-order valence-corrected chi connectivity index (χ3v) is 6.04. The standard InChI is InChI=1S/C22H28O2/c1-4-9-15(6-3)18-12-14(5-2)13-19-20(18)22(24)17-11-8-7-10-16(17)21(19)23/h7-8,10-11,14-15,18H,4-6,9,12-13H2,1-3H3. The topological polar surface area (TPSA) is 34.1 Å². The second-order valence-electron chi connectivity index (χ2n) is 7.37. The molecule has 0 amide bonds.